The molecule has 0 spiro atoms. The fourth-order valence-electron chi connectivity index (χ4n) is 3.76. The first-order valence-corrected chi connectivity index (χ1v) is 14.9. The van der Waals surface area contributed by atoms with Gasteiger partial charge in [0, 0.05) is 28.3 Å². The highest BCUT2D eigenvalue weighted by Crippen LogP contribution is 2.37. The number of para-hydroxylation sites is 2. The Balaban J connectivity index is 1.55. The summed E-state index contributed by atoms with van der Waals surface area (Å²) in [5, 5.41) is 4.12. The van der Waals surface area contributed by atoms with Crippen LogP contribution in [0.1, 0.15) is 15.2 Å². The smallest absolute Gasteiger partial charge is 0.325 e. The number of carbonyl (C=O) groups is 3. The molecule has 3 aromatic rings. The Hall–Kier alpha value is -2.97. The number of esters is 1. The molecule has 0 radical (unpaired) electrons. The lowest BCUT2D eigenvalue weighted by molar-refractivity contribution is -0.142. The van der Waals surface area contributed by atoms with E-state index in [0.717, 1.165) is 20.1 Å². The molecule has 1 atom stereocenters. The number of fused-ring (bicyclic) bond motifs is 1. The first-order chi connectivity index (χ1) is 18.5. The molecule has 0 saturated heterocycles. The number of nitrogens with one attached hydrogen (secondary N) is 1. The number of rotatable bonds is 8. The van der Waals surface area contributed by atoms with Crippen molar-refractivity contribution in [1.29, 1.82) is 0 Å². The minimum Gasteiger partial charge on any atom is -0.477 e. The molecule has 0 aliphatic carbocycles. The second-order valence-corrected chi connectivity index (χ2v) is 12.7. The van der Waals surface area contributed by atoms with Gasteiger partial charge in [0.2, 0.25) is 10.0 Å². The summed E-state index contributed by atoms with van der Waals surface area (Å²) in [7, 11) is -1.16. The standard InChI is InChI=1S/C25H23BrClN3O7S2/c1-29(39(34,35)16-9-7-15(26)8-10-16)13-21-23(27)17(14-38-21)25(33)30-12-20(24(32)28-11-22(31)36-2)37-19-6-4-3-5-18(19)30/h3-10,14,20H,11-13H2,1-2H3,(H,28,32). The van der Waals surface area contributed by atoms with E-state index in [1.54, 1.807) is 41.8 Å². The third-order valence-corrected chi connectivity index (χ3v) is 9.73. The maximum atomic E-state index is 13.7. The van der Waals surface area contributed by atoms with E-state index in [2.05, 4.69) is 26.0 Å². The van der Waals surface area contributed by atoms with E-state index in [1.165, 1.54) is 31.2 Å². The molecule has 1 aromatic heterocycles. The van der Waals surface area contributed by atoms with Crippen LogP contribution in [-0.4, -0.2) is 63.9 Å². The molecule has 1 N–H and O–H groups in total. The van der Waals surface area contributed by atoms with E-state index in [1.807, 2.05) is 0 Å². The van der Waals surface area contributed by atoms with Crippen LogP contribution in [-0.2, 0) is 30.9 Å². The van der Waals surface area contributed by atoms with Crippen molar-refractivity contribution in [3.8, 4) is 5.75 Å². The monoisotopic (exact) mass is 655 g/mol. The SMILES string of the molecule is COC(=O)CNC(=O)C1CN(C(=O)c2csc(CN(C)S(=O)(=O)c3ccc(Br)cc3)c2Cl)c2ccccc2O1. The fraction of sp³-hybridized carbons (Fsp3) is 0.240. The van der Waals surface area contributed by atoms with Gasteiger partial charge in [-0.15, -0.1) is 11.3 Å². The normalized spacial score (nSPS) is 14.9. The van der Waals surface area contributed by atoms with E-state index in [0.29, 0.717) is 16.3 Å². The summed E-state index contributed by atoms with van der Waals surface area (Å²) < 4.78 is 38.3. The number of ether oxygens (including phenoxy) is 2. The average molecular weight is 657 g/mol. The number of hydrogen-bond acceptors (Lipinski definition) is 8. The number of benzene rings is 2. The van der Waals surface area contributed by atoms with Gasteiger partial charge >= 0.3 is 5.97 Å². The first-order valence-electron chi connectivity index (χ1n) is 11.4. The molecule has 1 aliphatic rings. The van der Waals surface area contributed by atoms with Crippen LogP contribution in [0.4, 0.5) is 5.69 Å². The summed E-state index contributed by atoms with van der Waals surface area (Å²) in [6.07, 6.45) is -1.09. The van der Waals surface area contributed by atoms with Crippen molar-refractivity contribution in [2.75, 3.05) is 32.1 Å². The number of halogens is 2. The molecule has 2 heterocycles. The summed E-state index contributed by atoms with van der Waals surface area (Å²) in [6, 6.07) is 13.0. The molecule has 2 amide bonds. The lowest BCUT2D eigenvalue weighted by atomic mass is 10.1. The molecule has 10 nitrogen and oxygen atoms in total. The number of anilines is 1. The maximum absolute atomic E-state index is 13.7. The van der Waals surface area contributed by atoms with Crippen molar-refractivity contribution >= 4 is 72.4 Å². The van der Waals surface area contributed by atoms with Crippen molar-refractivity contribution in [3.05, 3.63) is 73.8 Å². The highest BCUT2D eigenvalue weighted by molar-refractivity contribution is 9.10. The minimum atomic E-state index is -3.80. The van der Waals surface area contributed by atoms with Crippen LogP contribution >= 0.6 is 38.9 Å². The zero-order valence-electron chi connectivity index (χ0n) is 20.7. The fourth-order valence-corrected chi connectivity index (χ4v) is 6.60. The summed E-state index contributed by atoms with van der Waals surface area (Å²) in [5.74, 6) is -1.40. The predicted molar refractivity (Wildman–Crippen MR) is 150 cm³/mol. The summed E-state index contributed by atoms with van der Waals surface area (Å²) in [4.78, 5) is 39.8. The second-order valence-electron chi connectivity index (χ2n) is 8.39. The number of thiophene rings is 1. The Kier molecular flexibility index (Phi) is 8.96. The molecular weight excluding hydrogens is 634 g/mol. The lowest BCUT2D eigenvalue weighted by Gasteiger charge is -2.34. The molecule has 0 saturated carbocycles. The van der Waals surface area contributed by atoms with Crippen molar-refractivity contribution in [2.24, 2.45) is 0 Å². The number of carbonyl (C=O) groups excluding carboxylic acids is 3. The number of sulfonamides is 1. The number of hydrogen-bond donors (Lipinski definition) is 1. The van der Waals surface area contributed by atoms with E-state index < -0.39 is 33.9 Å². The maximum Gasteiger partial charge on any atom is 0.325 e. The molecule has 14 heteroatoms. The van der Waals surface area contributed by atoms with Crippen LogP contribution in [0, 0.1) is 0 Å². The quantitative estimate of drug-likeness (QED) is 0.367. The Morgan fingerprint density at radius 2 is 1.90 bits per heavy atom. The summed E-state index contributed by atoms with van der Waals surface area (Å²) >= 11 is 11.0. The Labute approximate surface area is 242 Å². The van der Waals surface area contributed by atoms with Gasteiger partial charge in [-0.3, -0.25) is 14.4 Å². The summed E-state index contributed by atoms with van der Waals surface area (Å²) in [6.45, 7) is -0.531. The molecule has 0 fully saturated rings. The Morgan fingerprint density at radius 3 is 2.59 bits per heavy atom. The van der Waals surface area contributed by atoms with Gasteiger partial charge in [-0.2, -0.15) is 4.31 Å². The van der Waals surface area contributed by atoms with Gasteiger partial charge in [-0.05, 0) is 36.4 Å². The highest BCUT2D eigenvalue weighted by atomic mass is 79.9. The number of nitrogens with zero attached hydrogens (tertiary/aromatic N) is 2. The molecule has 206 valence electrons. The van der Waals surface area contributed by atoms with Crippen molar-refractivity contribution in [2.45, 2.75) is 17.5 Å². The van der Waals surface area contributed by atoms with Crippen molar-refractivity contribution in [1.82, 2.24) is 9.62 Å². The third kappa shape index (κ3) is 6.28. The van der Waals surface area contributed by atoms with Gasteiger partial charge < -0.3 is 19.7 Å². The molecule has 1 aliphatic heterocycles. The van der Waals surface area contributed by atoms with Gasteiger partial charge in [-0.1, -0.05) is 39.7 Å². The second kappa shape index (κ2) is 12.0. The van der Waals surface area contributed by atoms with Crippen LogP contribution in [0.5, 0.6) is 5.75 Å². The van der Waals surface area contributed by atoms with E-state index in [4.69, 9.17) is 16.3 Å². The van der Waals surface area contributed by atoms with E-state index >= 15 is 0 Å². The zero-order valence-corrected chi connectivity index (χ0v) is 24.7. The molecule has 39 heavy (non-hydrogen) atoms. The number of methoxy groups -OCH3 is 1. The van der Waals surface area contributed by atoms with Gasteiger partial charge in [0.15, 0.2) is 6.10 Å². The third-order valence-electron chi connectivity index (χ3n) is 5.86. The van der Waals surface area contributed by atoms with Crippen molar-refractivity contribution < 1.29 is 32.3 Å². The highest BCUT2D eigenvalue weighted by Gasteiger charge is 2.36. The Bertz CT molecular complexity index is 1510. The van der Waals surface area contributed by atoms with Gasteiger partial charge in [0.05, 0.1) is 34.8 Å². The topological polar surface area (TPSA) is 122 Å². The van der Waals surface area contributed by atoms with Crippen LogP contribution < -0.4 is 15.0 Å². The van der Waals surface area contributed by atoms with Crippen LogP contribution in [0.15, 0.2) is 63.3 Å². The van der Waals surface area contributed by atoms with E-state index in [9.17, 15) is 22.8 Å². The van der Waals surface area contributed by atoms with Gasteiger partial charge in [0.25, 0.3) is 11.8 Å². The number of amides is 2. The van der Waals surface area contributed by atoms with Gasteiger partial charge in [-0.25, -0.2) is 8.42 Å². The van der Waals surface area contributed by atoms with Crippen molar-refractivity contribution in [3.63, 3.8) is 0 Å². The minimum absolute atomic E-state index is 0.0482. The predicted octanol–water partition coefficient (Wildman–Crippen LogP) is 3.68. The van der Waals surface area contributed by atoms with Gasteiger partial charge in [0.1, 0.15) is 12.3 Å². The zero-order chi connectivity index (χ0) is 28.3. The van der Waals surface area contributed by atoms with E-state index in [-0.39, 0.29) is 35.1 Å². The largest absolute Gasteiger partial charge is 0.477 e. The summed E-state index contributed by atoms with van der Waals surface area (Å²) in [5.41, 5.74) is 0.606. The lowest BCUT2D eigenvalue weighted by Crippen LogP contribution is -2.51. The molecule has 0 bridgehead atoms. The van der Waals surface area contributed by atoms with Crippen LogP contribution in [0.25, 0.3) is 0 Å². The Morgan fingerprint density at radius 1 is 1.21 bits per heavy atom. The molecule has 2 aromatic carbocycles. The average Bonchev–Trinajstić information content (AvgIpc) is 3.30. The van der Waals surface area contributed by atoms with Crippen LogP contribution in [0.3, 0.4) is 0 Å². The first kappa shape index (κ1) is 29.0. The van der Waals surface area contributed by atoms with Crippen LogP contribution in [0.2, 0.25) is 5.02 Å². The molecular formula is C25H23BrClN3O7S2. The molecule has 4 rings (SSSR count). The molecule has 1 unspecified atom stereocenters.